The van der Waals surface area contributed by atoms with Crippen molar-refractivity contribution in [2.75, 3.05) is 6.61 Å². The number of carbonyl (C=O) groups excluding carboxylic acids is 7. The van der Waals surface area contributed by atoms with E-state index in [0.29, 0.717) is 12.7 Å². The van der Waals surface area contributed by atoms with Gasteiger partial charge in [0.25, 0.3) is 0 Å². The molecule has 1 aromatic rings. The maximum absolute atomic E-state index is 14.1. The lowest BCUT2D eigenvalue weighted by Gasteiger charge is -2.34. The molecule has 14 heteroatoms. The summed E-state index contributed by atoms with van der Waals surface area (Å²) in [5.74, 6) is -4.23. The number of nitrogens with one attached hydrogen (secondary N) is 6. The van der Waals surface area contributed by atoms with Crippen LogP contribution in [0.25, 0.3) is 0 Å². The first-order valence-electron chi connectivity index (χ1n) is 18.1. The van der Waals surface area contributed by atoms with Gasteiger partial charge in [0, 0.05) is 13.3 Å². The van der Waals surface area contributed by atoms with Crippen molar-refractivity contribution in [2.24, 2.45) is 17.3 Å². The van der Waals surface area contributed by atoms with Gasteiger partial charge in [-0.3, -0.25) is 28.8 Å². The molecule has 0 saturated heterocycles. The summed E-state index contributed by atoms with van der Waals surface area (Å²) in [6.45, 7) is 16.8. The van der Waals surface area contributed by atoms with Crippen LogP contribution in [0.1, 0.15) is 99.1 Å². The van der Waals surface area contributed by atoms with Crippen molar-refractivity contribution in [2.45, 2.75) is 138 Å². The number of amides is 6. The van der Waals surface area contributed by atoms with Crippen LogP contribution in [0.5, 0.6) is 0 Å². The monoisotopic (exact) mass is 730 g/mol. The van der Waals surface area contributed by atoms with Gasteiger partial charge < -0.3 is 41.8 Å². The molecular weight excluding hydrogens is 668 g/mol. The van der Waals surface area contributed by atoms with Crippen LogP contribution in [0, 0.1) is 24.2 Å². The highest BCUT2D eigenvalue weighted by molar-refractivity contribution is 5.97. The molecule has 6 atom stereocenters. The van der Waals surface area contributed by atoms with E-state index in [9.17, 15) is 38.7 Å². The van der Waals surface area contributed by atoms with E-state index in [0.717, 1.165) is 24.0 Å². The number of aliphatic hydroxyl groups excluding tert-OH is 1. The van der Waals surface area contributed by atoms with Gasteiger partial charge in [-0.05, 0) is 48.1 Å². The molecule has 292 valence electrons. The second kappa shape index (κ2) is 21.9. The van der Waals surface area contributed by atoms with Crippen LogP contribution in [0.4, 0.5) is 0 Å². The van der Waals surface area contributed by atoms with Gasteiger partial charge in [0.2, 0.25) is 35.4 Å². The molecule has 1 rings (SSSR count). The predicted molar refractivity (Wildman–Crippen MR) is 199 cm³/mol. The van der Waals surface area contributed by atoms with Crippen LogP contribution in [0.15, 0.2) is 24.3 Å². The summed E-state index contributed by atoms with van der Waals surface area (Å²) in [4.78, 5) is 91.3. The van der Waals surface area contributed by atoms with Crippen molar-refractivity contribution in [1.82, 2.24) is 31.9 Å². The lowest BCUT2D eigenvalue weighted by atomic mass is 9.85. The van der Waals surface area contributed by atoms with Crippen molar-refractivity contribution in [3.05, 3.63) is 35.4 Å². The fraction of sp³-hybridized carbons (Fsp3) is 0.658. The Labute approximate surface area is 308 Å². The summed E-state index contributed by atoms with van der Waals surface area (Å²) >= 11 is 0. The highest BCUT2D eigenvalue weighted by Gasteiger charge is 2.38. The smallest absolute Gasteiger partial charge is 0.245 e. The molecule has 0 radical (unpaired) electrons. The fourth-order valence-corrected chi connectivity index (χ4v) is 5.52. The van der Waals surface area contributed by atoms with E-state index in [4.69, 9.17) is 0 Å². The van der Waals surface area contributed by atoms with E-state index in [1.165, 1.54) is 6.92 Å². The lowest BCUT2D eigenvalue weighted by Crippen LogP contribution is -2.62. The highest BCUT2D eigenvalue weighted by Crippen LogP contribution is 2.21. The second-order valence-electron chi connectivity index (χ2n) is 15.2. The van der Waals surface area contributed by atoms with E-state index >= 15 is 0 Å². The second-order valence-corrected chi connectivity index (χ2v) is 15.2. The molecule has 0 saturated carbocycles. The molecule has 7 N–H and O–H groups in total. The van der Waals surface area contributed by atoms with E-state index in [2.05, 4.69) is 31.9 Å². The third-order valence-corrected chi connectivity index (χ3v) is 8.56. The number of carbonyl (C=O) groups is 7. The minimum atomic E-state index is -1.29. The first-order valence-corrected chi connectivity index (χ1v) is 18.1. The molecule has 0 fully saturated rings. The topological polar surface area (TPSA) is 212 Å². The van der Waals surface area contributed by atoms with Crippen molar-refractivity contribution in [3.63, 3.8) is 0 Å². The Bertz CT molecular complexity index is 1380. The third-order valence-electron chi connectivity index (χ3n) is 8.56. The minimum absolute atomic E-state index is 0.0121. The Morgan fingerprint density at radius 2 is 1.35 bits per heavy atom. The van der Waals surface area contributed by atoms with E-state index in [1.807, 2.05) is 45.9 Å². The van der Waals surface area contributed by atoms with Gasteiger partial charge in [0.05, 0.1) is 12.6 Å². The van der Waals surface area contributed by atoms with Gasteiger partial charge >= 0.3 is 0 Å². The van der Waals surface area contributed by atoms with E-state index in [-0.39, 0.29) is 18.8 Å². The molecule has 0 aromatic heterocycles. The average Bonchev–Trinajstić information content (AvgIpc) is 3.05. The molecule has 0 heterocycles. The number of benzene rings is 1. The lowest BCUT2D eigenvalue weighted by molar-refractivity contribution is -0.137. The fourth-order valence-electron chi connectivity index (χ4n) is 5.52. The van der Waals surface area contributed by atoms with Crippen molar-refractivity contribution < 1.29 is 38.7 Å². The van der Waals surface area contributed by atoms with Crippen molar-refractivity contribution >= 4 is 41.7 Å². The third kappa shape index (κ3) is 15.5. The summed E-state index contributed by atoms with van der Waals surface area (Å²) < 4.78 is 0. The first-order chi connectivity index (χ1) is 24.2. The van der Waals surface area contributed by atoms with Gasteiger partial charge in [-0.15, -0.1) is 0 Å². The summed E-state index contributed by atoms with van der Waals surface area (Å²) in [6, 6.07) is 0.878. The Hall–Kier alpha value is -4.33. The Kier molecular flexibility index (Phi) is 19.2. The number of unbranched alkanes of at least 4 members (excludes halogenated alkanes) is 1. The van der Waals surface area contributed by atoms with Crippen LogP contribution in [0.2, 0.25) is 0 Å². The zero-order valence-electron chi connectivity index (χ0n) is 32.6. The zero-order valence-corrected chi connectivity index (χ0v) is 32.6. The Morgan fingerprint density at radius 3 is 1.85 bits per heavy atom. The van der Waals surface area contributed by atoms with Crippen LogP contribution in [0.3, 0.4) is 0 Å². The Balaban J connectivity index is 3.43. The average molecular weight is 731 g/mol. The van der Waals surface area contributed by atoms with Crippen LogP contribution in [-0.4, -0.2) is 89.7 Å². The van der Waals surface area contributed by atoms with Crippen LogP contribution in [-0.2, 0) is 40.0 Å². The number of aliphatic hydroxyl groups is 1. The summed E-state index contributed by atoms with van der Waals surface area (Å²) in [5.41, 5.74) is 0.779. The van der Waals surface area contributed by atoms with E-state index < -0.39 is 89.6 Å². The molecule has 6 amide bonds. The normalized spacial score (nSPS) is 14.9. The van der Waals surface area contributed by atoms with Gasteiger partial charge in [0.1, 0.15) is 36.5 Å². The van der Waals surface area contributed by atoms with Crippen LogP contribution >= 0.6 is 0 Å². The summed E-state index contributed by atoms with van der Waals surface area (Å²) in [5, 5.41) is 25.7. The molecule has 1 aromatic carbocycles. The minimum Gasteiger partial charge on any atom is -0.394 e. The molecule has 0 spiro atoms. The molecule has 14 nitrogen and oxygen atoms in total. The summed E-state index contributed by atoms with van der Waals surface area (Å²) in [6.07, 6.45) is 3.09. The molecule has 52 heavy (non-hydrogen) atoms. The number of aldehydes is 1. The largest absolute Gasteiger partial charge is 0.394 e. The van der Waals surface area contributed by atoms with Gasteiger partial charge in [-0.25, -0.2) is 0 Å². The first kappa shape index (κ1) is 45.7. The summed E-state index contributed by atoms with van der Waals surface area (Å²) in [7, 11) is 0. The van der Waals surface area contributed by atoms with Gasteiger partial charge in [-0.2, -0.15) is 0 Å². The molecule has 0 aliphatic heterocycles. The van der Waals surface area contributed by atoms with Gasteiger partial charge in [-0.1, -0.05) is 92.5 Å². The maximum Gasteiger partial charge on any atom is 0.245 e. The molecule has 0 aliphatic rings. The molecule has 0 aliphatic carbocycles. The highest BCUT2D eigenvalue weighted by atomic mass is 16.3. The number of rotatable bonds is 21. The predicted octanol–water partition coefficient (Wildman–Crippen LogP) is 1.60. The number of hydrogen-bond donors (Lipinski definition) is 7. The molecule has 0 bridgehead atoms. The zero-order chi connectivity index (χ0) is 39.8. The quantitative estimate of drug-likeness (QED) is 0.0922. The van der Waals surface area contributed by atoms with Gasteiger partial charge in [0.15, 0.2) is 0 Å². The molecular formula is C38H62N6O8. The van der Waals surface area contributed by atoms with Crippen molar-refractivity contribution in [1.29, 1.82) is 0 Å². The standard InChI is InChI=1S/C38H62N6O8/c1-11-12-17-27(20-45)40-33(48)28(18-22(2)3)42-37(52)32(38(8,9)10)44-34(49)29(19-26-16-14-13-15-24(26)6)41-36(51)31(23(4)5)43-35(50)30(21-46)39-25(7)47/h13-16,20,22-23,27-32,46H,11-12,17-19,21H2,1-10H3,(H,39,47)(H,40,48)(H,41,51)(H,42,52)(H,43,50)(H,44,49)/t27?,28-,29-,30-,31+,32+/m0/s1. The number of hydrogen-bond acceptors (Lipinski definition) is 8. The molecule has 1 unspecified atom stereocenters. The van der Waals surface area contributed by atoms with E-state index in [1.54, 1.807) is 40.7 Å². The van der Waals surface area contributed by atoms with Crippen molar-refractivity contribution in [3.8, 4) is 0 Å². The maximum atomic E-state index is 14.1. The SMILES string of the molecule is CCCCC(C=O)NC(=O)[C@H](CC(C)C)NC(=O)[C@@H](NC(=O)[C@H](Cc1ccccc1C)NC(=O)[C@H](NC(=O)[C@H](CO)NC(C)=O)C(C)C)C(C)(C)C. The van der Waals surface area contributed by atoms with Crippen LogP contribution < -0.4 is 31.9 Å². The Morgan fingerprint density at radius 1 is 0.769 bits per heavy atom. The number of aryl methyl sites for hydroxylation is 1.